The second kappa shape index (κ2) is 3.37. The molecule has 56 valence electrons. The Labute approximate surface area is 67.5 Å². The summed E-state index contributed by atoms with van der Waals surface area (Å²) in [6, 6.07) is 0. The zero-order chi connectivity index (χ0) is 8.27. The minimum atomic E-state index is 0.378. The molecule has 1 aromatic heterocycles. The standard InChI is InChI=1S/C7H10BN3/c1-2-3-6-10-4-5(8)7(9)11-6/h4H,2-3H2,1H3,(H2,9,10,11). The lowest BCUT2D eigenvalue weighted by Gasteiger charge is -2.00. The van der Waals surface area contributed by atoms with Gasteiger partial charge in [-0.25, -0.2) is 9.97 Å². The first kappa shape index (κ1) is 8.05. The van der Waals surface area contributed by atoms with E-state index in [0.717, 1.165) is 18.7 Å². The Hall–Kier alpha value is -1.06. The number of nitrogens with two attached hydrogens (primary N) is 1. The maximum Gasteiger partial charge on any atom is 0.130 e. The Kier molecular flexibility index (Phi) is 2.46. The normalized spacial score (nSPS) is 9.91. The number of rotatable bonds is 2. The van der Waals surface area contributed by atoms with Gasteiger partial charge >= 0.3 is 0 Å². The van der Waals surface area contributed by atoms with Crippen molar-refractivity contribution in [2.75, 3.05) is 5.73 Å². The molecule has 1 aromatic rings. The van der Waals surface area contributed by atoms with E-state index in [4.69, 9.17) is 13.6 Å². The maximum absolute atomic E-state index is 5.47. The summed E-state index contributed by atoms with van der Waals surface area (Å²) in [7, 11) is 5.43. The number of anilines is 1. The third-order valence-corrected chi connectivity index (χ3v) is 1.37. The van der Waals surface area contributed by atoms with Crippen LogP contribution in [0.2, 0.25) is 0 Å². The molecule has 1 heterocycles. The highest BCUT2D eigenvalue weighted by molar-refractivity contribution is 6.34. The van der Waals surface area contributed by atoms with Crippen LogP contribution in [0.3, 0.4) is 0 Å². The fourth-order valence-corrected chi connectivity index (χ4v) is 0.787. The summed E-state index contributed by atoms with van der Waals surface area (Å²) in [5.74, 6) is 1.14. The zero-order valence-electron chi connectivity index (χ0n) is 6.54. The van der Waals surface area contributed by atoms with Gasteiger partial charge in [0, 0.05) is 12.6 Å². The predicted octanol–water partition coefficient (Wildman–Crippen LogP) is -0.195. The lowest BCUT2D eigenvalue weighted by molar-refractivity contribution is 0.839. The van der Waals surface area contributed by atoms with Crippen molar-refractivity contribution in [2.45, 2.75) is 19.8 Å². The van der Waals surface area contributed by atoms with E-state index in [1.807, 2.05) is 0 Å². The Morgan fingerprint density at radius 2 is 2.36 bits per heavy atom. The van der Waals surface area contributed by atoms with Gasteiger partial charge in [0.15, 0.2) is 0 Å². The number of aryl methyl sites for hydroxylation is 1. The van der Waals surface area contributed by atoms with E-state index in [0.29, 0.717) is 11.3 Å². The molecule has 1 rings (SSSR count). The van der Waals surface area contributed by atoms with Crippen molar-refractivity contribution < 1.29 is 0 Å². The molecule has 0 spiro atoms. The highest BCUT2D eigenvalue weighted by atomic mass is 14.9. The summed E-state index contributed by atoms with van der Waals surface area (Å²) < 4.78 is 0. The van der Waals surface area contributed by atoms with Gasteiger partial charge in [-0.05, 0) is 11.9 Å². The average Bonchev–Trinajstić information content (AvgIpc) is 1.98. The maximum atomic E-state index is 5.47. The van der Waals surface area contributed by atoms with E-state index in [1.165, 1.54) is 0 Å². The molecule has 0 saturated heterocycles. The van der Waals surface area contributed by atoms with Crippen molar-refractivity contribution in [3.05, 3.63) is 12.0 Å². The molecule has 0 atom stereocenters. The van der Waals surface area contributed by atoms with Crippen molar-refractivity contribution in [3.8, 4) is 0 Å². The van der Waals surface area contributed by atoms with Gasteiger partial charge in [0.2, 0.25) is 0 Å². The van der Waals surface area contributed by atoms with Crippen LogP contribution in [-0.2, 0) is 6.42 Å². The third kappa shape index (κ3) is 1.93. The molecular formula is C7H10BN3. The summed E-state index contributed by atoms with van der Waals surface area (Å²) >= 11 is 0. The zero-order valence-corrected chi connectivity index (χ0v) is 6.54. The van der Waals surface area contributed by atoms with E-state index in [2.05, 4.69) is 16.9 Å². The molecule has 3 nitrogen and oxygen atoms in total. The van der Waals surface area contributed by atoms with Crippen LogP contribution in [0.4, 0.5) is 5.82 Å². The minimum absolute atomic E-state index is 0.378. The van der Waals surface area contributed by atoms with Crippen molar-refractivity contribution in [1.82, 2.24) is 9.97 Å². The Morgan fingerprint density at radius 1 is 1.64 bits per heavy atom. The van der Waals surface area contributed by atoms with E-state index < -0.39 is 0 Å². The highest BCUT2D eigenvalue weighted by Gasteiger charge is 1.97. The molecule has 0 amide bonds. The topological polar surface area (TPSA) is 51.8 Å². The summed E-state index contributed by atoms with van der Waals surface area (Å²) in [5, 5.41) is 0. The number of hydrogen-bond acceptors (Lipinski definition) is 3. The number of hydrogen-bond donors (Lipinski definition) is 1. The Morgan fingerprint density at radius 3 is 2.91 bits per heavy atom. The summed E-state index contributed by atoms with van der Waals surface area (Å²) in [5.41, 5.74) is 5.92. The van der Waals surface area contributed by atoms with Crippen LogP contribution in [0.15, 0.2) is 6.20 Å². The lowest BCUT2D eigenvalue weighted by atomic mass is 9.99. The van der Waals surface area contributed by atoms with Crippen LogP contribution in [-0.4, -0.2) is 17.8 Å². The summed E-state index contributed by atoms with van der Waals surface area (Å²) in [6.07, 6.45) is 3.42. The SMILES string of the molecule is [B]c1cnc(CCC)nc1N. The van der Waals surface area contributed by atoms with Crippen molar-refractivity contribution in [3.63, 3.8) is 0 Å². The van der Waals surface area contributed by atoms with Crippen LogP contribution in [0.25, 0.3) is 0 Å². The molecule has 0 aliphatic carbocycles. The first-order valence-corrected chi connectivity index (χ1v) is 3.61. The van der Waals surface area contributed by atoms with Crippen LogP contribution >= 0.6 is 0 Å². The van der Waals surface area contributed by atoms with Crippen molar-refractivity contribution in [2.24, 2.45) is 0 Å². The lowest BCUT2D eigenvalue weighted by Crippen LogP contribution is -2.14. The second-order valence-corrected chi connectivity index (χ2v) is 2.38. The van der Waals surface area contributed by atoms with E-state index in [9.17, 15) is 0 Å². The molecule has 0 aliphatic rings. The second-order valence-electron chi connectivity index (χ2n) is 2.38. The van der Waals surface area contributed by atoms with E-state index in [-0.39, 0.29) is 0 Å². The van der Waals surface area contributed by atoms with Gasteiger partial charge in [-0.2, -0.15) is 0 Å². The molecule has 0 aliphatic heterocycles. The van der Waals surface area contributed by atoms with Crippen molar-refractivity contribution in [1.29, 1.82) is 0 Å². The summed E-state index contributed by atoms with van der Waals surface area (Å²) in [4.78, 5) is 8.02. The molecule has 4 heteroatoms. The summed E-state index contributed by atoms with van der Waals surface area (Å²) in [6.45, 7) is 2.07. The van der Waals surface area contributed by atoms with Gasteiger partial charge < -0.3 is 5.73 Å². The number of aromatic nitrogens is 2. The van der Waals surface area contributed by atoms with E-state index in [1.54, 1.807) is 6.20 Å². The molecular weight excluding hydrogens is 137 g/mol. The highest BCUT2D eigenvalue weighted by Crippen LogP contribution is 1.95. The molecule has 11 heavy (non-hydrogen) atoms. The van der Waals surface area contributed by atoms with Gasteiger partial charge in [-0.3, -0.25) is 0 Å². The molecule has 0 fully saturated rings. The van der Waals surface area contributed by atoms with Crippen LogP contribution < -0.4 is 11.2 Å². The Bertz CT molecular complexity index is 249. The van der Waals surface area contributed by atoms with Gasteiger partial charge in [0.05, 0.1) is 0 Å². The molecule has 0 unspecified atom stereocenters. The molecule has 0 aromatic carbocycles. The third-order valence-electron chi connectivity index (χ3n) is 1.37. The van der Waals surface area contributed by atoms with Crippen LogP contribution in [0, 0.1) is 0 Å². The van der Waals surface area contributed by atoms with Gasteiger partial charge in [0.25, 0.3) is 0 Å². The predicted molar refractivity (Wildman–Crippen MR) is 45.8 cm³/mol. The quantitative estimate of drug-likeness (QED) is 0.589. The smallest absolute Gasteiger partial charge is 0.130 e. The van der Waals surface area contributed by atoms with Gasteiger partial charge in [-0.1, -0.05) is 6.92 Å². The van der Waals surface area contributed by atoms with E-state index >= 15 is 0 Å². The molecule has 2 radical (unpaired) electrons. The molecule has 0 bridgehead atoms. The van der Waals surface area contributed by atoms with Gasteiger partial charge in [-0.15, -0.1) is 0 Å². The number of nitrogen functional groups attached to an aromatic ring is 1. The fourth-order valence-electron chi connectivity index (χ4n) is 0.787. The molecule has 2 N–H and O–H groups in total. The molecule has 0 saturated carbocycles. The minimum Gasteiger partial charge on any atom is -0.384 e. The van der Waals surface area contributed by atoms with Crippen LogP contribution in [0.5, 0.6) is 0 Å². The van der Waals surface area contributed by atoms with Gasteiger partial charge in [0.1, 0.15) is 19.5 Å². The van der Waals surface area contributed by atoms with Crippen molar-refractivity contribution >= 4 is 19.1 Å². The first-order chi connectivity index (χ1) is 5.24. The van der Waals surface area contributed by atoms with Crippen LogP contribution in [0.1, 0.15) is 19.2 Å². The Balaban J connectivity index is 2.86. The fraction of sp³-hybridized carbons (Fsp3) is 0.429. The number of nitrogens with zero attached hydrogens (tertiary/aromatic N) is 2. The first-order valence-electron chi connectivity index (χ1n) is 3.61. The monoisotopic (exact) mass is 147 g/mol. The average molecular weight is 147 g/mol. The largest absolute Gasteiger partial charge is 0.384 e.